The summed E-state index contributed by atoms with van der Waals surface area (Å²) in [6.07, 6.45) is 0. The number of amides is 1. The van der Waals surface area contributed by atoms with Gasteiger partial charge in [0, 0.05) is 38.9 Å². The number of rotatable bonds is 5. The number of ether oxygens (including phenoxy) is 1. The summed E-state index contributed by atoms with van der Waals surface area (Å²) in [7, 11) is 4.07. The van der Waals surface area contributed by atoms with Crippen molar-refractivity contribution in [1.29, 1.82) is 0 Å². The number of carbonyl (C=O) groups excluding carboxylic acids is 1. The van der Waals surface area contributed by atoms with E-state index in [1.807, 2.05) is 38.1 Å². The van der Waals surface area contributed by atoms with E-state index in [0.29, 0.717) is 26.3 Å². The van der Waals surface area contributed by atoms with Crippen LogP contribution in [0.4, 0.5) is 5.69 Å². The fourth-order valence-electron chi connectivity index (χ4n) is 2.85. The normalized spacial score (nSPS) is 17.9. The molecule has 2 atom stereocenters. The molecule has 1 aromatic rings. The Hall–Kier alpha value is -1.59. The van der Waals surface area contributed by atoms with Crippen LogP contribution in [-0.2, 0) is 9.53 Å². The molecule has 0 spiro atoms. The maximum Gasteiger partial charge on any atom is 0.239 e. The number of morpholine rings is 1. The average molecular weight is 305 g/mol. The lowest BCUT2D eigenvalue weighted by Crippen LogP contribution is -2.49. The third-order valence-electron chi connectivity index (χ3n) is 4.08. The smallest absolute Gasteiger partial charge is 0.239 e. The Kier molecular flexibility index (Phi) is 5.80. The molecule has 0 bridgehead atoms. The van der Waals surface area contributed by atoms with Crippen molar-refractivity contribution in [3.63, 3.8) is 0 Å². The quantitative estimate of drug-likeness (QED) is 0.898. The lowest BCUT2D eigenvalue weighted by Gasteiger charge is -2.31. The number of hydrogen-bond acceptors (Lipinski definition) is 4. The molecule has 1 fully saturated rings. The van der Waals surface area contributed by atoms with Gasteiger partial charge in [0.1, 0.15) is 0 Å². The highest BCUT2D eigenvalue weighted by atomic mass is 16.5. The standard InChI is InChI=1S/C17H27N3O2/c1-13(15-7-5-6-8-16(15)19(3)4)18-14(2)17(21)20-9-11-22-12-10-20/h5-8,13-14,18H,9-12H2,1-4H3. The molecular weight excluding hydrogens is 278 g/mol. The topological polar surface area (TPSA) is 44.8 Å². The van der Waals surface area contributed by atoms with Crippen molar-refractivity contribution in [2.24, 2.45) is 0 Å². The third-order valence-corrected chi connectivity index (χ3v) is 4.08. The van der Waals surface area contributed by atoms with Crippen molar-refractivity contribution in [3.05, 3.63) is 29.8 Å². The van der Waals surface area contributed by atoms with E-state index in [1.54, 1.807) is 0 Å². The molecule has 1 N–H and O–H groups in total. The molecule has 0 saturated carbocycles. The fraction of sp³-hybridized carbons (Fsp3) is 0.588. The Labute approximate surface area is 133 Å². The monoisotopic (exact) mass is 305 g/mol. The number of benzene rings is 1. The summed E-state index contributed by atoms with van der Waals surface area (Å²) in [6.45, 7) is 6.69. The minimum atomic E-state index is -0.205. The lowest BCUT2D eigenvalue weighted by atomic mass is 10.0. The van der Waals surface area contributed by atoms with Gasteiger partial charge in [-0.05, 0) is 25.5 Å². The number of nitrogens with one attached hydrogen (secondary N) is 1. The molecule has 5 nitrogen and oxygen atoms in total. The Morgan fingerprint density at radius 1 is 1.23 bits per heavy atom. The van der Waals surface area contributed by atoms with Crippen molar-refractivity contribution in [2.75, 3.05) is 45.3 Å². The van der Waals surface area contributed by atoms with E-state index < -0.39 is 0 Å². The summed E-state index contributed by atoms with van der Waals surface area (Å²) in [5, 5.41) is 3.43. The minimum Gasteiger partial charge on any atom is -0.378 e. The third kappa shape index (κ3) is 3.99. The van der Waals surface area contributed by atoms with E-state index in [1.165, 1.54) is 11.3 Å². The average Bonchev–Trinajstić information content (AvgIpc) is 2.54. The minimum absolute atomic E-state index is 0.110. The summed E-state index contributed by atoms with van der Waals surface area (Å²) >= 11 is 0. The van der Waals surface area contributed by atoms with E-state index >= 15 is 0 Å². The molecule has 22 heavy (non-hydrogen) atoms. The zero-order chi connectivity index (χ0) is 16.1. The van der Waals surface area contributed by atoms with Gasteiger partial charge in [-0.3, -0.25) is 10.1 Å². The first-order valence-electron chi connectivity index (χ1n) is 7.89. The molecular formula is C17H27N3O2. The molecule has 1 aliphatic heterocycles. The number of nitrogens with zero attached hydrogens (tertiary/aromatic N) is 2. The molecule has 1 aromatic carbocycles. The van der Waals surface area contributed by atoms with Crippen LogP contribution < -0.4 is 10.2 Å². The van der Waals surface area contributed by atoms with Crippen LogP contribution in [-0.4, -0.2) is 57.2 Å². The molecule has 2 rings (SSSR count). The second-order valence-electron chi connectivity index (χ2n) is 6.00. The first-order valence-corrected chi connectivity index (χ1v) is 7.89. The molecule has 0 aromatic heterocycles. The maximum absolute atomic E-state index is 12.5. The van der Waals surface area contributed by atoms with E-state index in [4.69, 9.17) is 4.74 Å². The number of carbonyl (C=O) groups is 1. The van der Waals surface area contributed by atoms with Crippen LogP contribution in [0.5, 0.6) is 0 Å². The molecule has 1 amide bonds. The maximum atomic E-state index is 12.5. The van der Waals surface area contributed by atoms with Gasteiger partial charge in [-0.2, -0.15) is 0 Å². The molecule has 1 aliphatic rings. The first-order chi connectivity index (χ1) is 10.5. The van der Waals surface area contributed by atoms with E-state index in [0.717, 1.165) is 0 Å². The van der Waals surface area contributed by atoms with Crippen LogP contribution in [0.1, 0.15) is 25.5 Å². The largest absolute Gasteiger partial charge is 0.378 e. The molecule has 0 aliphatic carbocycles. The summed E-state index contributed by atoms with van der Waals surface area (Å²) in [4.78, 5) is 16.5. The Bertz CT molecular complexity index is 498. The summed E-state index contributed by atoms with van der Waals surface area (Å²) in [6, 6.07) is 8.19. The zero-order valence-electron chi connectivity index (χ0n) is 14.0. The fourth-order valence-corrected chi connectivity index (χ4v) is 2.85. The summed E-state index contributed by atoms with van der Waals surface area (Å²) < 4.78 is 5.30. The van der Waals surface area contributed by atoms with Crippen LogP contribution >= 0.6 is 0 Å². The van der Waals surface area contributed by atoms with Crippen molar-refractivity contribution >= 4 is 11.6 Å². The van der Waals surface area contributed by atoms with Gasteiger partial charge in [-0.25, -0.2) is 0 Å². The molecule has 2 unspecified atom stereocenters. The van der Waals surface area contributed by atoms with Crippen LogP contribution in [0.25, 0.3) is 0 Å². The van der Waals surface area contributed by atoms with E-state index in [-0.39, 0.29) is 18.0 Å². The zero-order valence-corrected chi connectivity index (χ0v) is 14.0. The van der Waals surface area contributed by atoms with Crippen molar-refractivity contribution in [3.8, 4) is 0 Å². The number of hydrogen-bond donors (Lipinski definition) is 1. The summed E-state index contributed by atoms with van der Waals surface area (Å²) in [5.74, 6) is 0.150. The van der Waals surface area contributed by atoms with Gasteiger partial charge in [0.15, 0.2) is 0 Å². The molecule has 5 heteroatoms. The lowest BCUT2D eigenvalue weighted by molar-refractivity contribution is -0.137. The second-order valence-corrected chi connectivity index (χ2v) is 6.00. The molecule has 1 heterocycles. The van der Waals surface area contributed by atoms with E-state index in [9.17, 15) is 4.79 Å². The predicted molar refractivity (Wildman–Crippen MR) is 89.2 cm³/mol. The highest BCUT2D eigenvalue weighted by Crippen LogP contribution is 2.25. The molecule has 1 saturated heterocycles. The Balaban J connectivity index is 2.01. The van der Waals surface area contributed by atoms with Gasteiger partial charge in [0.2, 0.25) is 5.91 Å². The predicted octanol–water partition coefficient (Wildman–Crippen LogP) is 1.65. The van der Waals surface area contributed by atoms with Crippen LogP contribution in [0.3, 0.4) is 0 Å². The molecule has 122 valence electrons. The molecule has 0 radical (unpaired) electrons. The van der Waals surface area contributed by atoms with Crippen molar-refractivity contribution in [1.82, 2.24) is 10.2 Å². The van der Waals surface area contributed by atoms with Crippen molar-refractivity contribution in [2.45, 2.75) is 25.9 Å². The van der Waals surface area contributed by atoms with Gasteiger partial charge >= 0.3 is 0 Å². The Morgan fingerprint density at radius 3 is 2.50 bits per heavy atom. The number of para-hydroxylation sites is 1. The van der Waals surface area contributed by atoms with E-state index in [2.05, 4.69) is 29.3 Å². The van der Waals surface area contributed by atoms with Crippen LogP contribution in [0.2, 0.25) is 0 Å². The van der Waals surface area contributed by atoms with Gasteiger partial charge in [0.05, 0.1) is 19.3 Å². The highest BCUT2D eigenvalue weighted by Gasteiger charge is 2.24. The summed E-state index contributed by atoms with van der Waals surface area (Å²) in [5.41, 5.74) is 2.38. The number of anilines is 1. The van der Waals surface area contributed by atoms with Gasteiger partial charge in [0.25, 0.3) is 0 Å². The van der Waals surface area contributed by atoms with Gasteiger partial charge in [-0.1, -0.05) is 18.2 Å². The van der Waals surface area contributed by atoms with Gasteiger partial charge < -0.3 is 14.5 Å². The van der Waals surface area contributed by atoms with Gasteiger partial charge in [-0.15, -0.1) is 0 Å². The van der Waals surface area contributed by atoms with Crippen LogP contribution in [0, 0.1) is 0 Å². The SMILES string of the molecule is CC(NC(C)c1ccccc1N(C)C)C(=O)N1CCOCC1. The second kappa shape index (κ2) is 7.61. The Morgan fingerprint density at radius 2 is 1.86 bits per heavy atom. The van der Waals surface area contributed by atoms with Crippen molar-refractivity contribution < 1.29 is 9.53 Å². The highest BCUT2D eigenvalue weighted by molar-refractivity contribution is 5.81. The first kappa shape index (κ1) is 16.8. The van der Waals surface area contributed by atoms with Crippen LogP contribution in [0.15, 0.2) is 24.3 Å².